The van der Waals surface area contributed by atoms with Crippen LogP contribution in [0.25, 0.3) is 5.69 Å². The average molecular weight is 497 g/mol. The summed E-state index contributed by atoms with van der Waals surface area (Å²) >= 11 is 0. The molecule has 0 radical (unpaired) electrons. The quantitative estimate of drug-likeness (QED) is 0.453. The highest BCUT2D eigenvalue weighted by Crippen LogP contribution is 2.39. The van der Waals surface area contributed by atoms with Crippen molar-refractivity contribution in [3.05, 3.63) is 70.7 Å². The summed E-state index contributed by atoms with van der Waals surface area (Å²) in [7, 11) is 0. The number of pyridine rings is 1. The largest absolute Gasteiger partial charge is 0.434 e. The number of anilines is 1. The van der Waals surface area contributed by atoms with Crippen molar-refractivity contribution < 1.29 is 43.9 Å². The summed E-state index contributed by atoms with van der Waals surface area (Å²) in [5.74, 6) is -2.39. The zero-order valence-electron chi connectivity index (χ0n) is 16.2. The van der Waals surface area contributed by atoms with Gasteiger partial charge in [0.15, 0.2) is 5.69 Å². The fourth-order valence-corrected chi connectivity index (χ4v) is 2.82. The third-order valence-corrected chi connectivity index (χ3v) is 4.32. The smallest absolute Gasteiger partial charge is 0.362 e. The minimum atomic E-state index is -5.36. The van der Waals surface area contributed by atoms with Crippen LogP contribution in [0, 0.1) is 17.1 Å². The Bertz CT molecular complexity index is 1230. The lowest BCUT2D eigenvalue weighted by molar-refractivity contribution is -0.145. The van der Waals surface area contributed by atoms with Crippen LogP contribution in [0.2, 0.25) is 0 Å². The van der Waals surface area contributed by atoms with Crippen LogP contribution in [-0.4, -0.2) is 14.5 Å². The molecule has 180 valence electrons. The van der Waals surface area contributed by atoms with Gasteiger partial charge in [0, 0.05) is 11.9 Å². The second-order valence-electron chi connectivity index (χ2n) is 6.63. The van der Waals surface area contributed by atoms with E-state index in [0.717, 1.165) is 34.9 Å². The van der Waals surface area contributed by atoms with Gasteiger partial charge in [-0.3, -0.25) is 0 Å². The number of nitrogens with zero attached hydrogens (tertiary/aromatic N) is 4. The van der Waals surface area contributed by atoms with E-state index in [1.54, 1.807) is 0 Å². The van der Waals surface area contributed by atoms with Gasteiger partial charge in [-0.1, -0.05) is 0 Å². The topological polar surface area (TPSA) is 66.5 Å². The molecule has 1 aromatic carbocycles. The second-order valence-corrected chi connectivity index (χ2v) is 6.63. The fraction of sp³-hybridized carbons (Fsp3) is 0.211. The van der Waals surface area contributed by atoms with Crippen molar-refractivity contribution in [2.75, 3.05) is 5.32 Å². The summed E-state index contributed by atoms with van der Waals surface area (Å²) < 4.78 is 132. The molecule has 0 fully saturated rings. The Labute approximate surface area is 183 Å². The SMILES string of the molecule is N#Cc1c(C(F)(F)F)cc(C(F)(F)F)nc1NCc1nc(C(F)(F)F)cn1-c1ccc(F)cc1. The van der Waals surface area contributed by atoms with Crippen LogP contribution in [-0.2, 0) is 25.1 Å². The van der Waals surface area contributed by atoms with Crippen LogP contribution < -0.4 is 5.32 Å². The number of hydrogen-bond acceptors (Lipinski definition) is 4. The Morgan fingerprint density at radius 3 is 1.94 bits per heavy atom. The highest BCUT2D eigenvalue weighted by atomic mass is 19.4. The number of aromatic nitrogens is 3. The molecule has 3 aromatic rings. The highest BCUT2D eigenvalue weighted by molar-refractivity contribution is 5.58. The van der Waals surface area contributed by atoms with E-state index in [-0.39, 0.29) is 11.8 Å². The lowest BCUT2D eigenvalue weighted by Crippen LogP contribution is -2.18. The van der Waals surface area contributed by atoms with Crippen molar-refractivity contribution in [2.45, 2.75) is 25.1 Å². The molecule has 3 rings (SSSR count). The molecule has 0 aliphatic rings. The van der Waals surface area contributed by atoms with E-state index in [1.807, 2.05) is 5.32 Å². The van der Waals surface area contributed by atoms with E-state index in [2.05, 4.69) is 9.97 Å². The summed E-state index contributed by atoms with van der Waals surface area (Å²) in [4.78, 5) is 6.33. The molecule has 0 spiro atoms. The van der Waals surface area contributed by atoms with Gasteiger partial charge >= 0.3 is 18.5 Å². The predicted octanol–water partition coefficient (Wildman–Crippen LogP) is 5.95. The molecule has 15 heteroatoms. The fourth-order valence-electron chi connectivity index (χ4n) is 2.82. The molecular formula is C19H9F10N5. The standard InChI is InChI=1S/C19H9F10N5/c20-9-1-3-10(4-2-9)34-8-14(19(27,28)29)32-15(34)7-31-16-11(6-30)12(17(21,22)23)5-13(33-16)18(24,25)26/h1-5,8H,7H2,(H,31,33). The van der Waals surface area contributed by atoms with Gasteiger partial charge < -0.3 is 9.88 Å². The van der Waals surface area contributed by atoms with E-state index in [9.17, 15) is 43.9 Å². The second kappa shape index (κ2) is 8.50. The first-order chi connectivity index (χ1) is 15.6. The Morgan fingerprint density at radius 2 is 1.44 bits per heavy atom. The number of rotatable bonds is 4. The van der Waals surface area contributed by atoms with E-state index in [1.165, 1.54) is 0 Å². The Kier molecular flexibility index (Phi) is 6.20. The lowest BCUT2D eigenvalue weighted by Gasteiger charge is -2.16. The monoisotopic (exact) mass is 497 g/mol. The molecule has 0 saturated heterocycles. The number of imidazole rings is 1. The van der Waals surface area contributed by atoms with Crippen LogP contribution in [0.15, 0.2) is 36.5 Å². The van der Waals surface area contributed by atoms with Crippen LogP contribution in [0.3, 0.4) is 0 Å². The van der Waals surface area contributed by atoms with Crippen molar-refractivity contribution >= 4 is 5.82 Å². The summed E-state index contributed by atoms with van der Waals surface area (Å²) in [6, 6.07) is 4.74. The lowest BCUT2D eigenvalue weighted by atomic mass is 10.1. The molecule has 0 amide bonds. The minimum Gasteiger partial charge on any atom is -0.362 e. The molecule has 2 heterocycles. The zero-order chi connectivity index (χ0) is 25.5. The van der Waals surface area contributed by atoms with E-state index in [0.29, 0.717) is 6.20 Å². The van der Waals surface area contributed by atoms with Crippen molar-refractivity contribution in [3.63, 3.8) is 0 Å². The maximum Gasteiger partial charge on any atom is 0.434 e. The zero-order valence-corrected chi connectivity index (χ0v) is 16.2. The average Bonchev–Trinajstić information content (AvgIpc) is 3.15. The first-order valence-corrected chi connectivity index (χ1v) is 8.86. The normalized spacial score (nSPS) is 12.5. The summed E-state index contributed by atoms with van der Waals surface area (Å²) in [5, 5.41) is 11.1. The molecule has 1 N–H and O–H groups in total. The maximum absolute atomic E-state index is 13.3. The van der Waals surface area contributed by atoms with E-state index < -0.39 is 65.0 Å². The van der Waals surface area contributed by atoms with E-state index >= 15 is 0 Å². The summed E-state index contributed by atoms with van der Waals surface area (Å²) in [5.41, 5.74) is -6.66. The van der Waals surface area contributed by atoms with Gasteiger partial charge in [0.05, 0.1) is 12.1 Å². The molecule has 0 bridgehead atoms. The summed E-state index contributed by atoms with van der Waals surface area (Å²) in [6.45, 7) is -0.867. The summed E-state index contributed by atoms with van der Waals surface area (Å²) in [6.07, 6.45) is -15.1. The number of nitrogens with one attached hydrogen (secondary N) is 1. The van der Waals surface area contributed by atoms with Crippen molar-refractivity contribution in [2.24, 2.45) is 0 Å². The Hall–Kier alpha value is -3.83. The first-order valence-electron chi connectivity index (χ1n) is 8.86. The third kappa shape index (κ3) is 5.21. The third-order valence-electron chi connectivity index (χ3n) is 4.32. The number of benzene rings is 1. The molecular weight excluding hydrogens is 488 g/mol. The van der Waals surface area contributed by atoms with Crippen molar-refractivity contribution in [3.8, 4) is 11.8 Å². The molecule has 0 atom stereocenters. The molecule has 0 saturated carbocycles. The molecule has 0 aliphatic carbocycles. The van der Waals surface area contributed by atoms with Gasteiger partial charge in [-0.2, -0.15) is 44.8 Å². The molecule has 5 nitrogen and oxygen atoms in total. The number of hydrogen-bond donors (Lipinski definition) is 1. The van der Waals surface area contributed by atoms with Gasteiger partial charge in [-0.25, -0.2) is 14.4 Å². The maximum atomic E-state index is 13.3. The van der Waals surface area contributed by atoms with Crippen LogP contribution in [0.5, 0.6) is 0 Å². The number of alkyl halides is 9. The van der Waals surface area contributed by atoms with E-state index in [4.69, 9.17) is 5.26 Å². The van der Waals surface area contributed by atoms with Gasteiger partial charge in [0.25, 0.3) is 0 Å². The Morgan fingerprint density at radius 1 is 0.853 bits per heavy atom. The van der Waals surface area contributed by atoms with Crippen molar-refractivity contribution in [1.82, 2.24) is 14.5 Å². The van der Waals surface area contributed by atoms with Crippen LogP contribution in [0.1, 0.15) is 28.3 Å². The highest BCUT2D eigenvalue weighted by Gasteiger charge is 2.41. The number of halogens is 10. The molecule has 2 aromatic heterocycles. The first kappa shape index (κ1) is 24.8. The minimum absolute atomic E-state index is 0.0327. The predicted molar refractivity (Wildman–Crippen MR) is 94.8 cm³/mol. The van der Waals surface area contributed by atoms with Gasteiger partial charge in [0.2, 0.25) is 0 Å². The number of nitriles is 1. The van der Waals surface area contributed by atoms with Crippen LogP contribution >= 0.6 is 0 Å². The van der Waals surface area contributed by atoms with Gasteiger partial charge in [-0.15, -0.1) is 0 Å². The van der Waals surface area contributed by atoms with Gasteiger partial charge in [-0.05, 0) is 30.3 Å². The molecule has 0 aliphatic heterocycles. The van der Waals surface area contributed by atoms with Crippen LogP contribution in [0.4, 0.5) is 49.7 Å². The molecule has 0 unspecified atom stereocenters. The Balaban J connectivity index is 2.09. The van der Waals surface area contributed by atoms with Gasteiger partial charge in [0.1, 0.15) is 34.8 Å². The van der Waals surface area contributed by atoms with Crippen molar-refractivity contribution in [1.29, 1.82) is 5.26 Å². The molecule has 34 heavy (non-hydrogen) atoms.